The van der Waals surface area contributed by atoms with E-state index in [2.05, 4.69) is 22.7 Å². The van der Waals surface area contributed by atoms with Crippen LogP contribution in [0.3, 0.4) is 0 Å². The van der Waals surface area contributed by atoms with Gasteiger partial charge in [-0.1, -0.05) is 39.0 Å². The van der Waals surface area contributed by atoms with E-state index in [-0.39, 0.29) is 0 Å². The normalized spacial score (nSPS) is 11.5. The van der Waals surface area contributed by atoms with Crippen molar-refractivity contribution in [3.8, 4) is 0 Å². The van der Waals surface area contributed by atoms with Crippen LogP contribution in [0.5, 0.6) is 0 Å². The molecule has 0 aliphatic carbocycles. The van der Waals surface area contributed by atoms with Crippen molar-refractivity contribution in [2.24, 2.45) is 10.8 Å². The number of aliphatic imine (C=N–C) groups is 1. The molecule has 0 spiro atoms. The first-order chi connectivity index (χ1) is 6.85. The summed E-state index contributed by atoms with van der Waals surface area (Å²) in [6.45, 7) is 3.18. The molecule has 4 N–H and O–H groups in total. The summed E-state index contributed by atoms with van der Waals surface area (Å²) in [6, 6.07) is 0. The van der Waals surface area contributed by atoms with Gasteiger partial charge in [-0.2, -0.15) is 0 Å². The summed E-state index contributed by atoms with van der Waals surface area (Å²) in [7, 11) is 1.71. The van der Waals surface area contributed by atoms with E-state index in [1.165, 1.54) is 38.5 Å². The molecule has 0 atom stereocenters. The molecule has 0 amide bonds. The number of nitrogens with two attached hydrogens (primary N) is 1. The van der Waals surface area contributed by atoms with Crippen LogP contribution < -0.4 is 16.6 Å². The van der Waals surface area contributed by atoms with E-state index < -0.39 is 0 Å². The van der Waals surface area contributed by atoms with Gasteiger partial charge in [0.25, 0.3) is 0 Å². The van der Waals surface area contributed by atoms with Crippen LogP contribution in [0.15, 0.2) is 4.99 Å². The highest BCUT2D eigenvalue weighted by Crippen LogP contribution is 2.03. The standard InChI is InChI=1S/C10H24N4/c1-3-4-5-6-7-8-9-13-10(12-2)14-11/h3-9,11H2,1-2H3,(H2,12,13,14). The number of nitrogens with one attached hydrogen (secondary N) is 2. The molecule has 0 saturated heterocycles. The van der Waals surface area contributed by atoms with E-state index in [1.54, 1.807) is 7.05 Å². The lowest BCUT2D eigenvalue weighted by Crippen LogP contribution is -2.41. The van der Waals surface area contributed by atoms with Crippen LogP contribution in [-0.2, 0) is 0 Å². The Kier molecular flexibility index (Phi) is 9.74. The number of unbranched alkanes of at least 4 members (excludes halogenated alkanes) is 5. The minimum atomic E-state index is 0.665. The second-order valence-electron chi connectivity index (χ2n) is 3.41. The molecule has 0 saturated carbocycles. The summed E-state index contributed by atoms with van der Waals surface area (Å²) in [5.74, 6) is 5.89. The molecule has 84 valence electrons. The molecule has 0 aromatic carbocycles. The Balaban J connectivity index is 3.13. The predicted octanol–water partition coefficient (Wildman–Crippen LogP) is 1.39. The second kappa shape index (κ2) is 10.3. The van der Waals surface area contributed by atoms with E-state index in [1.807, 2.05) is 0 Å². The monoisotopic (exact) mass is 200 g/mol. The van der Waals surface area contributed by atoms with Crippen molar-refractivity contribution in [1.82, 2.24) is 10.7 Å². The van der Waals surface area contributed by atoms with Crippen molar-refractivity contribution < 1.29 is 0 Å². The summed E-state index contributed by atoms with van der Waals surface area (Å²) in [4.78, 5) is 3.92. The van der Waals surface area contributed by atoms with Gasteiger partial charge in [-0.15, -0.1) is 0 Å². The molecular formula is C10H24N4. The smallest absolute Gasteiger partial charge is 0.205 e. The molecule has 0 bridgehead atoms. The van der Waals surface area contributed by atoms with Crippen molar-refractivity contribution in [3.63, 3.8) is 0 Å². The third-order valence-electron chi connectivity index (χ3n) is 2.18. The predicted molar refractivity (Wildman–Crippen MR) is 62.1 cm³/mol. The van der Waals surface area contributed by atoms with Crippen LogP contribution >= 0.6 is 0 Å². The van der Waals surface area contributed by atoms with Crippen molar-refractivity contribution in [1.29, 1.82) is 0 Å². The van der Waals surface area contributed by atoms with Gasteiger partial charge in [0.05, 0.1) is 0 Å². The summed E-state index contributed by atoms with van der Waals surface area (Å²) in [5.41, 5.74) is 2.50. The van der Waals surface area contributed by atoms with Gasteiger partial charge < -0.3 is 5.32 Å². The van der Waals surface area contributed by atoms with Crippen molar-refractivity contribution in [3.05, 3.63) is 0 Å². The van der Waals surface area contributed by atoms with Gasteiger partial charge in [-0.25, -0.2) is 5.84 Å². The number of hydrogen-bond donors (Lipinski definition) is 3. The van der Waals surface area contributed by atoms with Gasteiger partial charge in [-0.05, 0) is 6.42 Å². The van der Waals surface area contributed by atoms with Crippen molar-refractivity contribution in [2.75, 3.05) is 13.6 Å². The van der Waals surface area contributed by atoms with E-state index in [4.69, 9.17) is 5.84 Å². The van der Waals surface area contributed by atoms with E-state index >= 15 is 0 Å². The van der Waals surface area contributed by atoms with Gasteiger partial charge in [0, 0.05) is 13.6 Å². The van der Waals surface area contributed by atoms with Gasteiger partial charge in [-0.3, -0.25) is 10.4 Å². The fourth-order valence-electron chi connectivity index (χ4n) is 1.31. The molecular weight excluding hydrogens is 176 g/mol. The van der Waals surface area contributed by atoms with Crippen LogP contribution in [0.25, 0.3) is 0 Å². The SMILES string of the molecule is CCCCCCCCNC(=NC)NN. The van der Waals surface area contributed by atoms with E-state index in [0.717, 1.165) is 6.54 Å². The third-order valence-corrected chi connectivity index (χ3v) is 2.18. The Bertz CT molecular complexity index is 145. The molecule has 0 unspecified atom stereocenters. The molecule has 0 fully saturated rings. The van der Waals surface area contributed by atoms with Crippen LogP contribution in [-0.4, -0.2) is 19.6 Å². The van der Waals surface area contributed by atoms with E-state index in [0.29, 0.717) is 5.96 Å². The highest BCUT2D eigenvalue weighted by atomic mass is 15.3. The zero-order chi connectivity index (χ0) is 10.6. The number of hydrazine groups is 1. The van der Waals surface area contributed by atoms with Gasteiger partial charge >= 0.3 is 0 Å². The van der Waals surface area contributed by atoms with Crippen LogP contribution in [0, 0.1) is 0 Å². The molecule has 0 aromatic heterocycles. The largest absolute Gasteiger partial charge is 0.355 e. The van der Waals surface area contributed by atoms with Crippen molar-refractivity contribution in [2.45, 2.75) is 45.4 Å². The molecule has 0 aliphatic heterocycles. The maximum Gasteiger partial charge on any atom is 0.205 e. The Morgan fingerprint density at radius 3 is 2.36 bits per heavy atom. The maximum absolute atomic E-state index is 5.22. The summed E-state index contributed by atoms with van der Waals surface area (Å²) in [6.07, 6.45) is 7.84. The van der Waals surface area contributed by atoms with Crippen LogP contribution in [0.2, 0.25) is 0 Å². The lowest BCUT2D eigenvalue weighted by molar-refractivity contribution is 0.600. The first-order valence-corrected chi connectivity index (χ1v) is 5.52. The molecule has 0 aliphatic rings. The molecule has 0 rings (SSSR count). The number of nitrogens with zero attached hydrogens (tertiary/aromatic N) is 1. The maximum atomic E-state index is 5.22. The van der Waals surface area contributed by atoms with Gasteiger partial charge in [0.1, 0.15) is 0 Å². The number of hydrogen-bond acceptors (Lipinski definition) is 2. The highest BCUT2D eigenvalue weighted by Gasteiger charge is 1.93. The number of guanidine groups is 1. The minimum Gasteiger partial charge on any atom is -0.355 e. The van der Waals surface area contributed by atoms with Crippen LogP contribution in [0.1, 0.15) is 45.4 Å². The summed E-state index contributed by atoms with van der Waals surface area (Å²) >= 11 is 0. The average molecular weight is 200 g/mol. The minimum absolute atomic E-state index is 0.665. The Morgan fingerprint density at radius 2 is 1.79 bits per heavy atom. The number of rotatable bonds is 7. The molecule has 0 aromatic rings. The summed E-state index contributed by atoms with van der Waals surface area (Å²) < 4.78 is 0. The topological polar surface area (TPSA) is 62.4 Å². The molecule has 14 heavy (non-hydrogen) atoms. The average Bonchev–Trinajstić information content (AvgIpc) is 2.22. The third kappa shape index (κ3) is 7.86. The fourth-order valence-corrected chi connectivity index (χ4v) is 1.31. The molecule has 0 heterocycles. The van der Waals surface area contributed by atoms with Crippen LogP contribution in [0.4, 0.5) is 0 Å². The highest BCUT2D eigenvalue weighted by molar-refractivity contribution is 5.78. The second-order valence-corrected chi connectivity index (χ2v) is 3.41. The van der Waals surface area contributed by atoms with Crippen molar-refractivity contribution >= 4 is 5.96 Å². The van der Waals surface area contributed by atoms with Gasteiger partial charge in [0.15, 0.2) is 0 Å². The first kappa shape index (κ1) is 13.2. The molecule has 4 nitrogen and oxygen atoms in total. The lowest BCUT2D eigenvalue weighted by atomic mass is 10.1. The summed E-state index contributed by atoms with van der Waals surface area (Å²) in [5, 5.41) is 3.12. The quantitative estimate of drug-likeness (QED) is 0.191. The molecule has 0 radical (unpaired) electrons. The van der Waals surface area contributed by atoms with E-state index in [9.17, 15) is 0 Å². The zero-order valence-electron chi connectivity index (χ0n) is 9.47. The van der Waals surface area contributed by atoms with Gasteiger partial charge in [0.2, 0.25) is 5.96 Å². The fraction of sp³-hybridized carbons (Fsp3) is 0.900. The first-order valence-electron chi connectivity index (χ1n) is 5.52. The Morgan fingerprint density at radius 1 is 1.14 bits per heavy atom. The Hall–Kier alpha value is -0.770. The lowest BCUT2D eigenvalue weighted by Gasteiger charge is -2.07. The zero-order valence-corrected chi connectivity index (χ0v) is 9.47. The molecule has 4 heteroatoms. The Labute approximate surface area is 87.3 Å².